The Kier molecular flexibility index (Phi) is 6.29. The number of aryl methyl sites for hydroxylation is 1. The van der Waals surface area contributed by atoms with Gasteiger partial charge < -0.3 is 10.2 Å². The highest BCUT2D eigenvalue weighted by Crippen LogP contribution is 2.26. The summed E-state index contributed by atoms with van der Waals surface area (Å²) in [4.78, 5) is 23.9. The standard InChI is InChI=1S/C23H24F2N4O3S/c1-14-19-7-6-18(33(2,31)32)11-21(19)28-23(27-14)29-9-3-4-15(13-29)22(30)26-12-16-10-17(24)5-8-20(16)25/h5-8,10-11,15H,3-4,9,12-13H2,1-2H3,(H,26,30). The lowest BCUT2D eigenvalue weighted by Gasteiger charge is -2.32. The fraction of sp³-hybridized carbons (Fsp3) is 0.348. The molecular formula is C23H24F2N4O3S. The minimum absolute atomic E-state index is 0.0891. The van der Waals surface area contributed by atoms with Crippen LogP contribution in [0.1, 0.15) is 24.1 Å². The average molecular weight is 475 g/mol. The number of nitrogens with one attached hydrogen (secondary N) is 1. The molecule has 1 aromatic heterocycles. The number of nitrogens with zero attached hydrogens (tertiary/aromatic N) is 3. The lowest BCUT2D eigenvalue weighted by atomic mass is 9.97. The Morgan fingerprint density at radius 3 is 2.73 bits per heavy atom. The van der Waals surface area contributed by atoms with Crippen LogP contribution >= 0.6 is 0 Å². The van der Waals surface area contributed by atoms with Crippen molar-refractivity contribution < 1.29 is 22.0 Å². The van der Waals surface area contributed by atoms with E-state index >= 15 is 0 Å². The Morgan fingerprint density at radius 1 is 1.18 bits per heavy atom. The number of rotatable bonds is 5. The third-order valence-corrected chi connectivity index (χ3v) is 6.92. The van der Waals surface area contributed by atoms with Gasteiger partial charge in [0.05, 0.1) is 22.0 Å². The molecule has 1 aliphatic heterocycles. The Bertz CT molecular complexity index is 1330. The van der Waals surface area contributed by atoms with E-state index in [1.807, 2.05) is 11.8 Å². The molecule has 0 radical (unpaired) electrons. The van der Waals surface area contributed by atoms with Crippen molar-refractivity contribution in [2.45, 2.75) is 31.2 Å². The van der Waals surface area contributed by atoms with Gasteiger partial charge in [0.25, 0.3) is 0 Å². The summed E-state index contributed by atoms with van der Waals surface area (Å²) in [5.41, 5.74) is 1.32. The maximum absolute atomic E-state index is 13.8. The number of piperidine rings is 1. The molecule has 4 rings (SSSR count). The number of amides is 1. The third kappa shape index (κ3) is 5.11. The van der Waals surface area contributed by atoms with Crippen LogP contribution < -0.4 is 10.2 Å². The second-order valence-corrected chi connectivity index (χ2v) is 10.3. The molecule has 1 N–H and O–H groups in total. The van der Waals surface area contributed by atoms with E-state index in [1.54, 1.807) is 6.07 Å². The van der Waals surface area contributed by atoms with Crippen molar-refractivity contribution in [1.82, 2.24) is 15.3 Å². The van der Waals surface area contributed by atoms with Crippen molar-refractivity contribution in [3.8, 4) is 0 Å². The van der Waals surface area contributed by atoms with Crippen LogP contribution in [0.3, 0.4) is 0 Å². The highest BCUT2D eigenvalue weighted by Gasteiger charge is 2.27. The van der Waals surface area contributed by atoms with Gasteiger partial charge in [-0.15, -0.1) is 0 Å². The van der Waals surface area contributed by atoms with Crippen LogP contribution in [0.25, 0.3) is 10.9 Å². The monoisotopic (exact) mass is 474 g/mol. The molecule has 7 nitrogen and oxygen atoms in total. The van der Waals surface area contributed by atoms with Crippen LogP contribution in [-0.2, 0) is 21.2 Å². The Balaban J connectivity index is 1.51. The Hall–Kier alpha value is -3.14. The molecule has 10 heteroatoms. The van der Waals surface area contributed by atoms with Gasteiger partial charge in [-0.2, -0.15) is 0 Å². The van der Waals surface area contributed by atoms with Crippen LogP contribution in [0.2, 0.25) is 0 Å². The maximum Gasteiger partial charge on any atom is 0.226 e. The molecule has 1 unspecified atom stereocenters. The van der Waals surface area contributed by atoms with Crippen LogP contribution in [0, 0.1) is 24.5 Å². The van der Waals surface area contributed by atoms with E-state index < -0.39 is 21.5 Å². The fourth-order valence-corrected chi connectivity index (χ4v) is 4.64. The molecular weight excluding hydrogens is 450 g/mol. The molecule has 0 spiro atoms. The summed E-state index contributed by atoms with van der Waals surface area (Å²) in [6.07, 6.45) is 2.53. The summed E-state index contributed by atoms with van der Waals surface area (Å²) >= 11 is 0. The van der Waals surface area contributed by atoms with Gasteiger partial charge in [0.15, 0.2) is 9.84 Å². The van der Waals surface area contributed by atoms with Gasteiger partial charge in [-0.05, 0) is 56.2 Å². The van der Waals surface area contributed by atoms with Crippen LogP contribution in [0.15, 0.2) is 41.3 Å². The molecule has 1 saturated heterocycles. The van der Waals surface area contributed by atoms with Crippen molar-refractivity contribution in [3.63, 3.8) is 0 Å². The van der Waals surface area contributed by atoms with Gasteiger partial charge in [0, 0.05) is 36.8 Å². The smallest absolute Gasteiger partial charge is 0.226 e. The van der Waals surface area contributed by atoms with Crippen molar-refractivity contribution in [2.24, 2.45) is 5.92 Å². The molecule has 0 bridgehead atoms. The first-order chi connectivity index (χ1) is 15.6. The molecule has 0 saturated carbocycles. The predicted molar refractivity (Wildman–Crippen MR) is 121 cm³/mol. The SMILES string of the molecule is Cc1nc(N2CCCC(C(=O)NCc3cc(F)ccc3F)C2)nc2cc(S(C)(=O)=O)ccc12. The van der Waals surface area contributed by atoms with Gasteiger partial charge in [0.2, 0.25) is 11.9 Å². The van der Waals surface area contributed by atoms with Crippen molar-refractivity contribution in [2.75, 3.05) is 24.2 Å². The molecule has 3 aromatic rings. The molecule has 1 amide bonds. The molecule has 1 fully saturated rings. The lowest BCUT2D eigenvalue weighted by Crippen LogP contribution is -2.43. The zero-order valence-electron chi connectivity index (χ0n) is 18.3. The summed E-state index contributed by atoms with van der Waals surface area (Å²) in [7, 11) is -3.38. The second-order valence-electron chi connectivity index (χ2n) is 8.30. The minimum atomic E-state index is -3.38. The van der Waals surface area contributed by atoms with E-state index in [2.05, 4.69) is 15.3 Å². The van der Waals surface area contributed by atoms with Gasteiger partial charge in [-0.25, -0.2) is 27.2 Å². The minimum Gasteiger partial charge on any atom is -0.352 e. The van der Waals surface area contributed by atoms with Crippen LogP contribution in [0.4, 0.5) is 14.7 Å². The summed E-state index contributed by atoms with van der Waals surface area (Å²) in [6, 6.07) is 7.90. The molecule has 1 atom stereocenters. The Labute approximate surface area is 190 Å². The maximum atomic E-state index is 13.8. The van der Waals surface area contributed by atoms with E-state index in [4.69, 9.17) is 0 Å². The average Bonchev–Trinajstić information content (AvgIpc) is 2.78. The van der Waals surface area contributed by atoms with E-state index in [9.17, 15) is 22.0 Å². The summed E-state index contributed by atoms with van der Waals surface area (Å²) < 4.78 is 51.1. The van der Waals surface area contributed by atoms with E-state index in [1.165, 1.54) is 12.1 Å². The number of sulfone groups is 1. The highest BCUT2D eigenvalue weighted by atomic mass is 32.2. The van der Waals surface area contributed by atoms with E-state index in [0.29, 0.717) is 36.7 Å². The topological polar surface area (TPSA) is 92.3 Å². The van der Waals surface area contributed by atoms with Crippen molar-refractivity contribution in [3.05, 3.63) is 59.3 Å². The molecule has 1 aliphatic rings. The summed E-state index contributed by atoms with van der Waals surface area (Å²) in [5.74, 6) is -1.32. The third-order valence-electron chi connectivity index (χ3n) is 5.81. The number of fused-ring (bicyclic) bond motifs is 1. The zero-order chi connectivity index (χ0) is 23.8. The van der Waals surface area contributed by atoms with Crippen LogP contribution in [0.5, 0.6) is 0 Å². The predicted octanol–water partition coefficient (Wildman–Crippen LogP) is 3.15. The lowest BCUT2D eigenvalue weighted by molar-refractivity contribution is -0.125. The number of anilines is 1. The molecule has 0 aliphatic carbocycles. The van der Waals surface area contributed by atoms with Crippen molar-refractivity contribution >= 4 is 32.6 Å². The number of aromatic nitrogens is 2. The molecule has 2 aromatic carbocycles. The largest absolute Gasteiger partial charge is 0.352 e. The quantitative estimate of drug-likeness (QED) is 0.611. The summed E-state index contributed by atoms with van der Waals surface area (Å²) in [5, 5.41) is 3.45. The van der Waals surface area contributed by atoms with Crippen LogP contribution in [-0.4, -0.2) is 43.6 Å². The number of halogens is 2. The highest BCUT2D eigenvalue weighted by molar-refractivity contribution is 7.90. The van der Waals surface area contributed by atoms with Gasteiger partial charge in [0.1, 0.15) is 11.6 Å². The molecule has 2 heterocycles. The molecule has 174 valence electrons. The normalized spacial score (nSPS) is 16.7. The number of carbonyl (C=O) groups is 1. The van der Waals surface area contributed by atoms with Gasteiger partial charge in [-0.3, -0.25) is 4.79 Å². The van der Waals surface area contributed by atoms with Crippen molar-refractivity contribution in [1.29, 1.82) is 0 Å². The molecule has 33 heavy (non-hydrogen) atoms. The first-order valence-electron chi connectivity index (χ1n) is 10.6. The number of benzene rings is 2. The van der Waals surface area contributed by atoms with Gasteiger partial charge >= 0.3 is 0 Å². The number of hydrogen-bond acceptors (Lipinski definition) is 6. The van der Waals surface area contributed by atoms with E-state index in [-0.39, 0.29) is 28.8 Å². The first kappa shape index (κ1) is 23.0. The van der Waals surface area contributed by atoms with Gasteiger partial charge in [-0.1, -0.05) is 0 Å². The second kappa shape index (κ2) is 9.01. The first-order valence-corrected chi connectivity index (χ1v) is 12.5. The zero-order valence-corrected chi connectivity index (χ0v) is 19.1. The Morgan fingerprint density at radius 2 is 1.97 bits per heavy atom. The van der Waals surface area contributed by atoms with E-state index in [0.717, 1.165) is 36.3 Å². The number of hydrogen-bond donors (Lipinski definition) is 1. The summed E-state index contributed by atoms with van der Waals surface area (Å²) in [6.45, 7) is 2.75. The fourth-order valence-electron chi connectivity index (χ4n) is 4.00. The number of carbonyl (C=O) groups excluding carboxylic acids is 1.